The van der Waals surface area contributed by atoms with Crippen LogP contribution in [0.4, 0.5) is 0 Å². The number of hydrogen-bond donors (Lipinski definition) is 1. The first-order valence-corrected chi connectivity index (χ1v) is 4.52. The molecule has 2 rings (SSSR count). The van der Waals surface area contributed by atoms with E-state index in [-0.39, 0.29) is 7.43 Å². The van der Waals surface area contributed by atoms with Gasteiger partial charge in [0.2, 0.25) is 0 Å². The lowest BCUT2D eigenvalue weighted by atomic mass is 10.1. The highest BCUT2D eigenvalue weighted by Gasteiger charge is 1.91. The van der Waals surface area contributed by atoms with E-state index < -0.39 is 0 Å². The summed E-state index contributed by atoms with van der Waals surface area (Å²) in [5, 5.41) is 7.00. The van der Waals surface area contributed by atoms with Crippen molar-refractivity contribution >= 4 is 0 Å². The van der Waals surface area contributed by atoms with Gasteiger partial charge in [0, 0.05) is 7.11 Å². The fourth-order valence-corrected chi connectivity index (χ4v) is 1.26. The molecule has 80 valence electrons. The molecule has 0 spiro atoms. The topological polar surface area (TPSA) is 20.2 Å². The summed E-state index contributed by atoms with van der Waals surface area (Å²) in [6.07, 6.45) is 0. The Balaban J connectivity index is 0.000000617. The van der Waals surface area contributed by atoms with Crippen molar-refractivity contribution in [2.45, 2.75) is 7.43 Å². The van der Waals surface area contributed by atoms with Crippen molar-refractivity contribution in [3.8, 4) is 11.1 Å². The molecule has 2 aromatic carbocycles. The molecule has 0 radical (unpaired) electrons. The number of aliphatic hydroxyl groups is 1. The van der Waals surface area contributed by atoms with Gasteiger partial charge in [0.15, 0.2) is 0 Å². The molecule has 0 aliphatic rings. The molecule has 0 unspecified atom stereocenters. The minimum absolute atomic E-state index is 0. The van der Waals surface area contributed by atoms with Gasteiger partial charge >= 0.3 is 0 Å². The predicted molar refractivity (Wildman–Crippen MR) is 66.8 cm³/mol. The van der Waals surface area contributed by atoms with Crippen molar-refractivity contribution in [3.63, 3.8) is 0 Å². The van der Waals surface area contributed by atoms with Gasteiger partial charge in [-0.05, 0) is 11.1 Å². The monoisotopic (exact) mass is 202 g/mol. The quantitative estimate of drug-likeness (QED) is 0.749. The third-order valence-electron chi connectivity index (χ3n) is 1.88. The van der Waals surface area contributed by atoms with Gasteiger partial charge in [0.05, 0.1) is 0 Å². The number of hydrogen-bond acceptors (Lipinski definition) is 1. The van der Waals surface area contributed by atoms with Gasteiger partial charge in [-0.2, -0.15) is 0 Å². The second-order valence-electron chi connectivity index (χ2n) is 2.73. The van der Waals surface area contributed by atoms with E-state index in [1.165, 1.54) is 11.1 Å². The maximum atomic E-state index is 7.00. The molecule has 15 heavy (non-hydrogen) atoms. The Labute approximate surface area is 92.0 Å². The molecule has 0 heterocycles. The lowest BCUT2D eigenvalue weighted by molar-refractivity contribution is 0.399. The third-order valence-corrected chi connectivity index (χ3v) is 1.88. The average Bonchev–Trinajstić information content (AvgIpc) is 2.34. The zero-order valence-electron chi connectivity index (χ0n) is 8.22. The van der Waals surface area contributed by atoms with Gasteiger partial charge in [-0.1, -0.05) is 68.1 Å². The van der Waals surface area contributed by atoms with Crippen molar-refractivity contribution in [2.24, 2.45) is 0 Å². The first-order chi connectivity index (χ1) is 6.97. The maximum Gasteiger partial charge on any atom is 0.0319 e. The largest absolute Gasteiger partial charge is 0.400 e. The zero-order chi connectivity index (χ0) is 10.2. The first kappa shape index (κ1) is 13.4. The molecule has 0 saturated heterocycles. The Bertz CT molecular complexity index is 303. The van der Waals surface area contributed by atoms with Crippen LogP contribution in [0, 0.1) is 0 Å². The molecule has 0 bridgehead atoms. The highest BCUT2D eigenvalue weighted by atomic mass is 16.2. The summed E-state index contributed by atoms with van der Waals surface area (Å²) in [6.45, 7) is 0. The normalized spacial score (nSPS) is 8.13. The molecule has 0 aliphatic carbocycles. The summed E-state index contributed by atoms with van der Waals surface area (Å²) < 4.78 is 0. The van der Waals surface area contributed by atoms with E-state index in [4.69, 9.17) is 5.11 Å². The van der Waals surface area contributed by atoms with Gasteiger partial charge in [0.25, 0.3) is 0 Å². The highest BCUT2D eigenvalue weighted by molar-refractivity contribution is 5.62. The molecule has 0 fully saturated rings. The maximum absolute atomic E-state index is 7.00. The summed E-state index contributed by atoms with van der Waals surface area (Å²) in [6, 6.07) is 20.8. The second-order valence-corrected chi connectivity index (χ2v) is 2.73. The summed E-state index contributed by atoms with van der Waals surface area (Å²) in [5.74, 6) is 0. The fourth-order valence-electron chi connectivity index (χ4n) is 1.26. The van der Waals surface area contributed by atoms with Gasteiger partial charge in [-0.25, -0.2) is 0 Å². The second kappa shape index (κ2) is 7.77. The first-order valence-electron chi connectivity index (χ1n) is 4.52. The zero-order valence-corrected chi connectivity index (χ0v) is 8.22. The third kappa shape index (κ3) is 3.96. The summed E-state index contributed by atoms with van der Waals surface area (Å²) in [4.78, 5) is 0. The number of aliphatic hydroxyl groups excluding tert-OH is 1. The minimum atomic E-state index is 0. The standard InChI is InChI=1S/C12H10.CH4O.CH4/c1-3-7-11(8-4-1)12-9-5-2-6-10-12;1-2;/h1-10H;2H,1H3;1H4. The molecule has 0 saturated carbocycles. The summed E-state index contributed by atoms with van der Waals surface area (Å²) in [5.41, 5.74) is 2.55. The van der Waals surface area contributed by atoms with Crippen molar-refractivity contribution in [1.29, 1.82) is 0 Å². The van der Waals surface area contributed by atoms with E-state index in [0.717, 1.165) is 7.11 Å². The van der Waals surface area contributed by atoms with E-state index in [1.807, 2.05) is 12.1 Å². The van der Waals surface area contributed by atoms with Crippen LogP contribution < -0.4 is 0 Å². The molecule has 0 aromatic heterocycles. The van der Waals surface area contributed by atoms with Crippen LogP contribution >= 0.6 is 0 Å². The Hall–Kier alpha value is -1.60. The van der Waals surface area contributed by atoms with Gasteiger partial charge in [0.1, 0.15) is 0 Å². The van der Waals surface area contributed by atoms with Crippen LogP contribution in [0.15, 0.2) is 60.7 Å². The van der Waals surface area contributed by atoms with E-state index in [0.29, 0.717) is 0 Å². The molecule has 0 amide bonds. The Morgan fingerprint density at radius 3 is 1.13 bits per heavy atom. The van der Waals surface area contributed by atoms with Gasteiger partial charge in [-0.3, -0.25) is 0 Å². The molecule has 1 heteroatoms. The Kier molecular flexibility index (Phi) is 6.94. The van der Waals surface area contributed by atoms with Crippen LogP contribution in [0.3, 0.4) is 0 Å². The van der Waals surface area contributed by atoms with Crippen LogP contribution in [-0.2, 0) is 0 Å². The SMILES string of the molecule is C.CO.c1ccc(-c2ccccc2)cc1. The molecule has 1 N–H and O–H groups in total. The van der Waals surface area contributed by atoms with Crippen LogP contribution in [0.1, 0.15) is 7.43 Å². The Morgan fingerprint density at radius 1 is 0.600 bits per heavy atom. The number of benzene rings is 2. The van der Waals surface area contributed by atoms with E-state index in [2.05, 4.69) is 48.5 Å². The molecule has 0 aliphatic heterocycles. The van der Waals surface area contributed by atoms with Crippen molar-refractivity contribution in [1.82, 2.24) is 0 Å². The van der Waals surface area contributed by atoms with Gasteiger partial charge in [-0.15, -0.1) is 0 Å². The average molecular weight is 202 g/mol. The summed E-state index contributed by atoms with van der Waals surface area (Å²) in [7, 11) is 1.00. The van der Waals surface area contributed by atoms with Crippen LogP contribution in [0.5, 0.6) is 0 Å². The minimum Gasteiger partial charge on any atom is -0.400 e. The smallest absolute Gasteiger partial charge is 0.0319 e. The Morgan fingerprint density at radius 2 is 0.867 bits per heavy atom. The lowest BCUT2D eigenvalue weighted by Gasteiger charge is -1.98. The van der Waals surface area contributed by atoms with E-state index >= 15 is 0 Å². The van der Waals surface area contributed by atoms with Crippen LogP contribution in [-0.4, -0.2) is 12.2 Å². The van der Waals surface area contributed by atoms with Gasteiger partial charge < -0.3 is 5.11 Å². The summed E-state index contributed by atoms with van der Waals surface area (Å²) >= 11 is 0. The van der Waals surface area contributed by atoms with Crippen molar-refractivity contribution in [3.05, 3.63) is 60.7 Å². The van der Waals surface area contributed by atoms with Crippen LogP contribution in [0.2, 0.25) is 0 Å². The van der Waals surface area contributed by atoms with E-state index in [1.54, 1.807) is 0 Å². The lowest BCUT2D eigenvalue weighted by Crippen LogP contribution is -1.73. The molecule has 0 atom stereocenters. The molecule has 1 nitrogen and oxygen atoms in total. The van der Waals surface area contributed by atoms with Crippen molar-refractivity contribution < 1.29 is 5.11 Å². The van der Waals surface area contributed by atoms with E-state index in [9.17, 15) is 0 Å². The highest BCUT2D eigenvalue weighted by Crippen LogP contribution is 2.17. The predicted octanol–water partition coefficient (Wildman–Crippen LogP) is 3.60. The fraction of sp³-hybridized carbons (Fsp3) is 0.143. The number of rotatable bonds is 1. The van der Waals surface area contributed by atoms with Crippen LogP contribution in [0.25, 0.3) is 11.1 Å². The van der Waals surface area contributed by atoms with Crippen molar-refractivity contribution in [2.75, 3.05) is 7.11 Å². The molecular formula is C14H18O. The molecule has 2 aromatic rings. The molecular weight excluding hydrogens is 184 g/mol.